The lowest BCUT2D eigenvalue weighted by atomic mass is 9.95. The lowest BCUT2D eigenvalue weighted by Gasteiger charge is -2.30. The Balaban J connectivity index is 1.78. The Morgan fingerprint density at radius 1 is 0.895 bits per heavy atom. The first-order chi connectivity index (χ1) is 18.5. The average molecular weight is 523 g/mol. The summed E-state index contributed by atoms with van der Waals surface area (Å²) in [7, 11) is 4.78. The molecule has 38 heavy (non-hydrogen) atoms. The zero-order valence-corrected chi connectivity index (χ0v) is 22.7. The zero-order chi connectivity index (χ0) is 27.3. The predicted molar refractivity (Wildman–Crippen MR) is 145 cm³/mol. The smallest absolute Gasteiger partial charge is 0.242 e. The van der Waals surface area contributed by atoms with Gasteiger partial charge < -0.3 is 28.4 Å². The van der Waals surface area contributed by atoms with Gasteiger partial charge in [0.1, 0.15) is 5.76 Å². The zero-order valence-electron chi connectivity index (χ0n) is 22.7. The summed E-state index contributed by atoms with van der Waals surface area (Å²) >= 11 is 0. The van der Waals surface area contributed by atoms with Gasteiger partial charge in [0.25, 0.3) is 0 Å². The van der Waals surface area contributed by atoms with Crippen LogP contribution in [0.5, 0.6) is 11.5 Å². The number of rotatable bonds is 15. The molecule has 1 heterocycles. The van der Waals surface area contributed by atoms with Crippen LogP contribution in [0.1, 0.15) is 36.1 Å². The molecule has 2 amide bonds. The SMILES string of the molecule is CCC(C(=O)N(CCOC)CC(=O)N(CCc1ccc(OC)c(OC)c1)Cc1ccco1)c1ccccc1. The number of carbonyl (C=O) groups is 2. The Kier molecular flexibility index (Phi) is 11.2. The summed E-state index contributed by atoms with van der Waals surface area (Å²) in [5.74, 6) is 1.39. The second kappa shape index (κ2) is 14.8. The average Bonchev–Trinajstić information content (AvgIpc) is 3.47. The number of furan rings is 1. The van der Waals surface area contributed by atoms with Crippen molar-refractivity contribution >= 4 is 11.8 Å². The minimum atomic E-state index is -0.328. The minimum Gasteiger partial charge on any atom is -0.493 e. The van der Waals surface area contributed by atoms with Crippen molar-refractivity contribution in [3.8, 4) is 11.5 Å². The molecular weight excluding hydrogens is 484 g/mol. The molecule has 0 saturated heterocycles. The molecule has 1 unspecified atom stereocenters. The number of nitrogens with zero attached hydrogens (tertiary/aromatic N) is 2. The van der Waals surface area contributed by atoms with Gasteiger partial charge in [-0.3, -0.25) is 9.59 Å². The van der Waals surface area contributed by atoms with Crippen molar-refractivity contribution in [1.29, 1.82) is 0 Å². The molecule has 0 bridgehead atoms. The van der Waals surface area contributed by atoms with Crippen LogP contribution in [0.2, 0.25) is 0 Å². The molecule has 1 aromatic heterocycles. The second-order valence-corrected chi connectivity index (χ2v) is 8.96. The topological polar surface area (TPSA) is 81.5 Å². The maximum atomic E-state index is 13.6. The highest BCUT2D eigenvalue weighted by molar-refractivity contribution is 5.88. The van der Waals surface area contributed by atoms with E-state index in [1.165, 1.54) is 0 Å². The third-order valence-electron chi connectivity index (χ3n) is 6.51. The number of carbonyl (C=O) groups excluding carboxylic acids is 2. The lowest BCUT2D eigenvalue weighted by molar-refractivity contribution is -0.142. The molecule has 0 aliphatic carbocycles. The molecule has 8 heteroatoms. The highest BCUT2D eigenvalue weighted by Crippen LogP contribution is 2.28. The summed E-state index contributed by atoms with van der Waals surface area (Å²) in [5.41, 5.74) is 1.94. The van der Waals surface area contributed by atoms with E-state index in [4.69, 9.17) is 18.6 Å². The number of hydrogen-bond donors (Lipinski definition) is 0. The Hall–Kier alpha value is -3.78. The fourth-order valence-electron chi connectivity index (χ4n) is 4.37. The molecule has 1 atom stereocenters. The first-order valence-corrected chi connectivity index (χ1v) is 12.8. The Bertz CT molecular complexity index is 1130. The molecule has 3 aromatic rings. The van der Waals surface area contributed by atoms with E-state index in [1.54, 1.807) is 43.5 Å². The van der Waals surface area contributed by atoms with Crippen LogP contribution in [0.3, 0.4) is 0 Å². The minimum absolute atomic E-state index is 0.0435. The first-order valence-electron chi connectivity index (χ1n) is 12.8. The third kappa shape index (κ3) is 7.86. The van der Waals surface area contributed by atoms with Crippen molar-refractivity contribution in [2.75, 3.05) is 47.6 Å². The van der Waals surface area contributed by atoms with Gasteiger partial charge >= 0.3 is 0 Å². The van der Waals surface area contributed by atoms with E-state index in [0.29, 0.717) is 56.3 Å². The molecule has 0 spiro atoms. The van der Waals surface area contributed by atoms with E-state index in [9.17, 15) is 9.59 Å². The van der Waals surface area contributed by atoms with Crippen molar-refractivity contribution in [2.45, 2.75) is 32.2 Å². The fraction of sp³-hybridized carbons (Fsp3) is 0.400. The highest BCUT2D eigenvalue weighted by atomic mass is 16.5. The van der Waals surface area contributed by atoms with Gasteiger partial charge in [0.15, 0.2) is 11.5 Å². The quantitative estimate of drug-likeness (QED) is 0.292. The maximum absolute atomic E-state index is 13.6. The Morgan fingerprint density at radius 2 is 1.66 bits per heavy atom. The summed E-state index contributed by atoms with van der Waals surface area (Å²) in [5, 5.41) is 0. The summed E-state index contributed by atoms with van der Waals surface area (Å²) in [4.78, 5) is 30.6. The molecule has 0 aliphatic heterocycles. The van der Waals surface area contributed by atoms with E-state index >= 15 is 0 Å². The van der Waals surface area contributed by atoms with Gasteiger partial charge in [0.2, 0.25) is 11.8 Å². The van der Waals surface area contributed by atoms with Crippen molar-refractivity contribution in [2.24, 2.45) is 0 Å². The van der Waals surface area contributed by atoms with E-state index in [-0.39, 0.29) is 24.3 Å². The molecule has 0 aliphatic rings. The molecule has 2 aromatic carbocycles. The van der Waals surface area contributed by atoms with Crippen LogP contribution in [0.15, 0.2) is 71.3 Å². The van der Waals surface area contributed by atoms with E-state index in [1.807, 2.05) is 61.5 Å². The van der Waals surface area contributed by atoms with Crippen LogP contribution in [0, 0.1) is 0 Å². The largest absolute Gasteiger partial charge is 0.493 e. The van der Waals surface area contributed by atoms with E-state index in [2.05, 4.69) is 0 Å². The summed E-state index contributed by atoms with van der Waals surface area (Å²) in [6.07, 6.45) is 2.82. The molecule has 0 radical (unpaired) electrons. The van der Waals surface area contributed by atoms with Gasteiger partial charge in [0.05, 0.1) is 46.1 Å². The van der Waals surface area contributed by atoms with Crippen molar-refractivity contribution in [3.05, 3.63) is 83.8 Å². The number of benzene rings is 2. The van der Waals surface area contributed by atoms with Crippen LogP contribution in [0.25, 0.3) is 0 Å². The molecule has 0 fully saturated rings. The van der Waals surface area contributed by atoms with Crippen LogP contribution in [-0.4, -0.2) is 69.2 Å². The number of methoxy groups -OCH3 is 3. The van der Waals surface area contributed by atoms with Gasteiger partial charge in [0, 0.05) is 20.2 Å². The van der Waals surface area contributed by atoms with Gasteiger partial charge in [-0.1, -0.05) is 43.3 Å². The van der Waals surface area contributed by atoms with Crippen LogP contribution in [-0.2, 0) is 27.3 Å². The summed E-state index contributed by atoms with van der Waals surface area (Å²) < 4.78 is 21.6. The van der Waals surface area contributed by atoms with Crippen molar-refractivity contribution < 1.29 is 28.2 Å². The summed E-state index contributed by atoms with van der Waals surface area (Å²) in [6.45, 7) is 3.36. The number of ether oxygens (including phenoxy) is 3. The molecule has 0 saturated carbocycles. The molecule has 8 nitrogen and oxygen atoms in total. The molecule has 3 rings (SSSR count). The first kappa shape index (κ1) is 28.8. The molecular formula is C30H38N2O6. The third-order valence-corrected chi connectivity index (χ3v) is 6.51. The van der Waals surface area contributed by atoms with Gasteiger partial charge in [-0.2, -0.15) is 0 Å². The van der Waals surface area contributed by atoms with E-state index in [0.717, 1.165) is 11.1 Å². The summed E-state index contributed by atoms with van der Waals surface area (Å²) in [6, 6.07) is 19.0. The number of hydrogen-bond acceptors (Lipinski definition) is 6. The second-order valence-electron chi connectivity index (χ2n) is 8.96. The van der Waals surface area contributed by atoms with Crippen LogP contribution in [0.4, 0.5) is 0 Å². The Morgan fingerprint density at radius 3 is 2.29 bits per heavy atom. The lowest BCUT2D eigenvalue weighted by Crippen LogP contribution is -2.46. The van der Waals surface area contributed by atoms with Crippen molar-refractivity contribution in [1.82, 2.24) is 9.80 Å². The predicted octanol–water partition coefficient (Wildman–Crippen LogP) is 4.54. The Labute approximate surface area is 225 Å². The van der Waals surface area contributed by atoms with Crippen LogP contribution < -0.4 is 9.47 Å². The van der Waals surface area contributed by atoms with Crippen LogP contribution >= 0.6 is 0 Å². The van der Waals surface area contributed by atoms with E-state index < -0.39 is 0 Å². The van der Waals surface area contributed by atoms with Crippen molar-refractivity contribution in [3.63, 3.8) is 0 Å². The normalized spacial score (nSPS) is 11.6. The van der Waals surface area contributed by atoms with Gasteiger partial charge in [-0.25, -0.2) is 0 Å². The number of amides is 2. The molecule has 204 valence electrons. The van der Waals surface area contributed by atoms with Gasteiger partial charge in [-0.15, -0.1) is 0 Å². The monoisotopic (exact) mass is 522 g/mol. The standard InChI is InChI=1S/C30H38N2O6/c1-5-26(24-10-7-6-8-11-24)30(34)32(17-19-35-2)22-29(33)31(21-25-12-9-18-38-25)16-15-23-13-14-27(36-3)28(20-23)37-4/h6-14,18,20,26H,5,15-17,19,21-22H2,1-4H3. The maximum Gasteiger partial charge on any atom is 0.242 e. The van der Waals surface area contributed by atoms with Gasteiger partial charge in [-0.05, 0) is 48.2 Å². The highest BCUT2D eigenvalue weighted by Gasteiger charge is 2.28. The fourth-order valence-corrected chi connectivity index (χ4v) is 4.37. The molecule has 0 N–H and O–H groups in total.